The smallest absolute Gasteiger partial charge is 0.213 e. The molecule has 118 valence electrons. The van der Waals surface area contributed by atoms with Crippen LogP contribution in [0.15, 0.2) is 18.3 Å². The van der Waals surface area contributed by atoms with Crippen molar-refractivity contribution in [3.63, 3.8) is 0 Å². The van der Waals surface area contributed by atoms with Crippen molar-refractivity contribution in [1.29, 1.82) is 0 Å². The van der Waals surface area contributed by atoms with Gasteiger partial charge in [0, 0.05) is 30.3 Å². The molecule has 3 fully saturated rings. The Morgan fingerprint density at radius 3 is 2.82 bits per heavy atom. The molecular formula is C18H24N2O2. The van der Waals surface area contributed by atoms with E-state index < -0.39 is 5.60 Å². The Balaban J connectivity index is 1.64. The van der Waals surface area contributed by atoms with Crippen LogP contribution in [0, 0.1) is 17.8 Å². The predicted molar refractivity (Wildman–Crippen MR) is 85.6 cm³/mol. The highest BCUT2D eigenvalue weighted by Crippen LogP contribution is 2.35. The second-order valence-electron chi connectivity index (χ2n) is 6.31. The highest BCUT2D eigenvalue weighted by molar-refractivity contribution is 5.37. The maximum absolute atomic E-state index is 10.8. The van der Waals surface area contributed by atoms with Crippen molar-refractivity contribution in [2.24, 2.45) is 5.92 Å². The van der Waals surface area contributed by atoms with Crippen LogP contribution in [0.2, 0.25) is 0 Å². The molecule has 3 aliphatic rings. The lowest BCUT2D eigenvalue weighted by Gasteiger charge is -2.47. The minimum atomic E-state index is -0.854. The van der Waals surface area contributed by atoms with Crippen LogP contribution < -0.4 is 4.74 Å². The van der Waals surface area contributed by atoms with Gasteiger partial charge in [-0.25, -0.2) is 4.98 Å². The third-order valence-electron chi connectivity index (χ3n) is 4.64. The van der Waals surface area contributed by atoms with E-state index in [2.05, 4.69) is 28.6 Å². The van der Waals surface area contributed by atoms with Gasteiger partial charge in [-0.15, -0.1) is 0 Å². The molecular weight excluding hydrogens is 276 g/mol. The van der Waals surface area contributed by atoms with Crippen LogP contribution in [-0.4, -0.2) is 46.8 Å². The van der Waals surface area contributed by atoms with Crippen LogP contribution in [0.5, 0.6) is 5.88 Å². The van der Waals surface area contributed by atoms with Crippen molar-refractivity contribution < 1.29 is 9.84 Å². The van der Waals surface area contributed by atoms with Crippen molar-refractivity contribution in [2.45, 2.75) is 38.2 Å². The van der Waals surface area contributed by atoms with Gasteiger partial charge in [-0.1, -0.05) is 25.2 Å². The summed E-state index contributed by atoms with van der Waals surface area (Å²) < 4.78 is 5.54. The van der Waals surface area contributed by atoms with Crippen LogP contribution >= 0.6 is 0 Å². The summed E-state index contributed by atoms with van der Waals surface area (Å²) in [5.41, 5.74) is -0.0278. The molecule has 3 aliphatic heterocycles. The number of piperidine rings is 3. The lowest BCUT2D eigenvalue weighted by molar-refractivity contribution is -0.0713. The van der Waals surface area contributed by atoms with E-state index in [-0.39, 0.29) is 0 Å². The van der Waals surface area contributed by atoms with Crippen molar-refractivity contribution in [3.05, 3.63) is 23.9 Å². The summed E-state index contributed by atoms with van der Waals surface area (Å²) in [6.45, 7) is 5.71. The molecule has 0 radical (unpaired) electrons. The van der Waals surface area contributed by atoms with Gasteiger partial charge in [0.2, 0.25) is 5.88 Å². The summed E-state index contributed by atoms with van der Waals surface area (Å²) in [7, 11) is 0. The first-order valence-corrected chi connectivity index (χ1v) is 8.26. The first-order chi connectivity index (χ1) is 10.7. The summed E-state index contributed by atoms with van der Waals surface area (Å²) >= 11 is 0. The summed E-state index contributed by atoms with van der Waals surface area (Å²) in [5.74, 6) is 7.14. The number of ether oxygens (including phenoxy) is 1. The quantitative estimate of drug-likeness (QED) is 0.683. The highest BCUT2D eigenvalue weighted by Gasteiger charge is 2.44. The molecule has 1 N–H and O–H groups in total. The normalized spacial score (nSPS) is 29.7. The Kier molecular flexibility index (Phi) is 4.66. The average Bonchev–Trinajstić information content (AvgIpc) is 2.55. The fourth-order valence-corrected chi connectivity index (χ4v) is 3.22. The fourth-order valence-electron chi connectivity index (χ4n) is 3.22. The highest BCUT2D eigenvalue weighted by atomic mass is 16.5. The number of rotatable bonds is 4. The number of unbranched alkanes of at least 4 members (excludes halogenated alkanes) is 1. The number of hydrogen-bond donors (Lipinski definition) is 1. The van der Waals surface area contributed by atoms with E-state index in [1.807, 2.05) is 12.1 Å². The summed E-state index contributed by atoms with van der Waals surface area (Å²) in [6, 6.07) is 3.76. The third-order valence-corrected chi connectivity index (χ3v) is 4.64. The molecule has 4 nitrogen and oxygen atoms in total. The van der Waals surface area contributed by atoms with E-state index in [1.54, 1.807) is 6.20 Å². The summed E-state index contributed by atoms with van der Waals surface area (Å²) in [5, 5.41) is 10.8. The van der Waals surface area contributed by atoms with Gasteiger partial charge >= 0.3 is 0 Å². The first-order valence-electron chi connectivity index (χ1n) is 8.26. The summed E-state index contributed by atoms with van der Waals surface area (Å²) in [4.78, 5) is 6.57. The number of aliphatic hydroxyl groups is 1. The molecule has 4 heterocycles. The van der Waals surface area contributed by atoms with Crippen LogP contribution in [0.4, 0.5) is 0 Å². The number of hydrogen-bond acceptors (Lipinski definition) is 4. The molecule has 1 aromatic heterocycles. The Hall–Kier alpha value is -1.57. The zero-order chi connectivity index (χ0) is 15.4. The predicted octanol–water partition coefficient (Wildman–Crippen LogP) is 2.07. The van der Waals surface area contributed by atoms with Crippen LogP contribution in [0.1, 0.15) is 38.2 Å². The number of fused-ring (bicyclic) bond motifs is 3. The number of aromatic nitrogens is 1. The Morgan fingerprint density at radius 2 is 2.23 bits per heavy atom. The van der Waals surface area contributed by atoms with Gasteiger partial charge in [0.1, 0.15) is 5.60 Å². The molecule has 1 atom stereocenters. The number of pyridine rings is 1. The fraction of sp³-hybridized carbons (Fsp3) is 0.611. The maximum Gasteiger partial charge on any atom is 0.213 e. The van der Waals surface area contributed by atoms with Gasteiger partial charge in [0.25, 0.3) is 0 Å². The minimum Gasteiger partial charge on any atom is -0.478 e. The van der Waals surface area contributed by atoms with Gasteiger partial charge in [0.05, 0.1) is 6.61 Å². The van der Waals surface area contributed by atoms with E-state index >= 15 is 0 Å². The molecule has 1 unspecified atom stereocenters. The van der Waals surface area contributed by atoms with E-state index in [4.69, 9.17) is 4.74 Å². The van der Waals surface area contributed by atoms with E-state index in [0.29, 0.717) is 24.9 Å². The Labute approximate surface area is 132 Å². The topological polar surface area (TPSA) is 45.6 Å². The zero-order valence-electron chi connectivity index (χ0n) is 13.2. The van der Waals surface area contributed by atoms with Crippen molar-refractivity contribution in [3.8, 4) is 17.7 Å². The summed E-state index contributed by atoms with van der Waals surface area (Å²) in [6.07, 6.45) is 5.97. The molecule has 0 amide bonds. The lowest BCUT2D eigenvalue weighted by Crippen LogP contribution is -2.58. The van der Waals surface area contributed by atoms with Gasteiger partial charge < -0.3 is 9.84 Å². The van der Waals surface area contributed by atoms with Gasteiger partial charge in [-0.2, -0.15) is 0 Å². The molecule has 0 aliphatic carbocycles. The molecule has 1 aromatic rings. The average molecular weight is 300 g/mol. The van der Waals surface area contributed by atoms with Gasteiger partial charge in [-0.05, 0) is 38.4 Å². The van der Waals surface area contributed by atoms with Gasteiger partial charge in [-0.3, -0.25) is 4.90 Å². The van der Waals surface area contributed by atoms with Crippen LogP contribution in [0.25, 0.3) is 0 Å². The van der Waals surface area contributed by atoms with Crippen LogP contribution in [0.3, 0.4) is 0 Å². The maximum atomic E-state index is 10.8. The molecule has 4 heteroatoms. The molecule has 22 heavy (non-hydrogen) atoms. The Bertz CT molecular complexity index is 553. The van der Waals surface area contributed by atoms with E-state index in [1.165, 1.54) is 0 Å². The lowest BCUT2D eigenvalue weighted by atomic mass is 9.76. The third kappa shape index (κ3) is 3.43. The SMILES string of the molecule is CCCCOc1ccc(C#CC2(O)CN3CCC2CC3)cn1. The minimum absolute atomic E-state index is 0.314. The first kappa shape index (κ1) is 15.3. The largest absolute Gasteiger partial charge is 0.478 e. The van der Waals surface area contributed by atoms with Crippen molar-refractivity contribution >= 4 is 0 Å². The molecule has 0 saturated carbocycles. The van der Waals surface area contributed by atoms with E-state index in [9.17, 15) is 5.11 Å². The number of nitrogens with zero attached hydrogens (tertiary/aromatic N) is 2. The standard InChI is InChI=1S/C18H24N2O2/c1-2-3-12-22-17-5-4-15(13-19-17)6-9-18(21)14-20-10-7-16(18)8-11-20/h4-5,13,16,21H,2-3,7-8,10-12,14H2,1H3. The monoisotopic (exact) mass is 300 g/mol. The van der Waals surface area contributed by atoms with Crippen LogP contribution in [-0.2, 0) is 0 Å². The second-order valence-corrected chi connectivity index (χ2v) is 6.31. The molecule has 3 saturated heterocycles. The molecule has 2 bridgehead atoms. The van der Waals surface area contributed by atoms with Crippen molar-refractivity contribution in [1.82, 2.24) is 9.88 Å². The zero-order valence-corrected chi connectivity index (χ0v) is 13.2. The van der Waals surface area contributed by atoms with Gasteiger partial charge in [0.15, 0.2) is 0 Å². The molecule has 0 aromatic carbocycles. The van der Waals surface area contributed by atoms with E-state index in [0.717, 1.165) is 44.3 Å². The molecule has 4 rings (SSSR count). The second kappa shape index (κ2) is 6.68. The van der Waals surface area contributed by atoms with Crippen molar-refractivity contribution in [2.75, 3.05) is 26.2 Å². The molecule has 0 spiro atoms. The Morgan fingerprint density at radius 1 is 1.41 bits per heavy atom.